The highest BCUT2D eigenvalue weighted by molar-refractivity contribution is 6.13. The average Bonchev–Trinajstić information content (AvgIpc) is 3.10. The van der Waals surface area contributed by atoms with Crippen LogP contribution in [0.3, 0.4) is 0 Å². The fourth-order valence-electron chi connectivity index (χ4n) is 2.96. The van der Waals surface area contributed by atoms with Crippen LogP contribution in [0, 0.1) is 5.92 Å². The van der Waals surface area contributed by atoms with Crippen molar-refractivity contribution in [2.75, 3.05) is 5.32 Å². The van der Waals surface area contributed by atoms with Crippen molar-refractivity contribution in [3.63, 3.8) is 0 Å². The number of rotatable bonds is 4. The molecule has 22 heavy (non-hydrogen) atoms. The van der Waals surface area contributed by atoms with Crippen molar-refractivity contribution in [2.24, 2.45) is 5.92 Å². The van der Waals surface area contributed by atoms with Crippen LogP contribution >= 0.6 is 0 Å². The molecule has 1 amide bonds. The second kappa shape index (κ2) is 6.56. The lowest BCUT2D eigenvalue weighted by Crippen LogP contribution is -2.21. The quantitative estimate of drug-likeness (QED) is 0.864. The standard InChI is InChI=1S/C19H19NO2/c21-18(14-8-2-1-3-9-14)16-12-6-7-13-17(16)20-19(22)15-10-4-5-11-15/h1-3,6-9,12-13,15H,4-5,10-11H2,(H,20,22). The summed E-state index contributed by atoms with van der Waals surface area (Å²) >= 11 is 0. The zero-order valence-electron chi connectivity index (χ0n) is 12.4. The summed E-state index contributed by atoms with van der Waals surface area (Å²) < 4.78 is 0. The topological polar surface area (TPSA) is 46.2 Å². The summed E-state index contributed by atoms with van der Waals surface area (Å²) in [5, 5.41) is 2.94. The monoisotopic (exact) mass is 293 g/mol. The average molecular weight is 293 g/mol. The third-order valence-electron chi connectivity index (χ3n) is 4.19. The summed E-state index contributed by atoms with van der Waals surface area (Å²) in [6.07, 6.45) is 4.12. The maximum atomic E-state index is 12.6. The second-order valence-electron chi connectivity index (χ2n) is 5.71. The zero-order valence-corrected chi connectivity index (χ0v) is 12.4. The van der Waals surface area contributed by atoms with E-state index in [9.17, 15) is 9.59 Å². The van der Waals surface area contributed by atoms with Crippen molar-refractivity contribution < 1.29 is 9.59 Å². The summed E-state index contributed by atoms with van der Waals surface area (Å²) in [5.41, 5.74) is 1.78. The Kier molecular flexibility index (Phi) is 4.33. The molecule has 0 unspecified atom stereocenters. The van der Waals surface area contributed by atoms with Crippen molar-refractivity contribution in [3.05, 3.63) is 65.7 Å². The molecule has 1 saturated carbocycles. The number of benzene rings is 2. The Morgan fingerprint density at radius 3 is 2.23 bits per heavy atom. The van der Waals surface area contributed by atoms with Gasteiger partial charge in [-0.15, -0.1) is 0 Å². The van der Waals surface area contributed by atoms with Crippen LogP contribution in [0.2, 0.25) is 0 Å². The molecule has 1 N–H and O–H groups in total. The summed E-state index contributed by atoms with van der Waals surface area (Å²) in [5.74, 6) is 0.0496. The number of hydrogen-bond acceptors (Lipinski definition) is 2. The zero-order chi connectivity index (χ0) is 15.4. The van der Waals surface area contributed by atoms with Crippen LogP contribution in [0.5, 0.6) is 0 Å². The van der Waals surface area contributed by atoms with Crippen molar-refractivity contribution in [1.29, 1.82) is 0 Å². The Balaban J connectivity index is 1.83. The highest BCUT2D eigenvalue weighted by Crippen LogP contribution is 2.27. The fourth-order valence-corrected chi connectivity index (χ4v) is 2.96. The highest BCUT2D eigenvalue weighted by Gasteiger charge is 2.24. The van der Waals surface area contributed by atoms with Gasteiger partial charge in [0, 0.05) is 17.0 Å². The predicted molar refractivity (Wildman–Crippen MR) is 86.9 cm³/mol. The van der Waals surface area contributed by atoms with Gasteiger partial charge in [-0.05, 0) is 25.0 Å². The van der Waals surface area contributed by atoms with Crippen LogP contribution in [-0.2, 0) is 4.79 Å². The lowest BCUT2D eigenvalue weighted by atomic mass is 10.0. The lowest BCUT2D eigenvalue weighted by Gasteiger charge is -2.13. The third-order valence-corrected chi connectivity index (χ3v) is 4.19. The molecule has 0 bridgehead atoms. The fraction of sp³-hybridized carbons (Fsp3) is 0.263. The molecule has 0 radical (unpaired) electrons. The summed E-state index contributed by atoms with van der Waals surface area (Å²) in [7, 11) is 0. The maximum absolute atomic E-state index is 12.6. The van der Waals surface area contributed by atoms with Crippen molar-refractivity contribution >= 4 is 17.4 Å². The van der Waals surface area contributed by atoms with Gasteiger partial charge in [-0.1, -0.05) is 55.3 Å². The first-order valence-corrected chi connectivity index (χ1v) is 7.75. The minimum absolute atomic E-state index is 0.0332. The lowest BCUT2D eigenvalue weighted by molar-refractivity contribution is -0.119. The molecule has 1 aliphatic carbocycles. The van der Waals surface area contributed by atoms with Crippen LogP contribution < -0.4 is 5.32 Å². The minimum Gasteiger partial charge on any atom is -0.325 e. The number of carbonyl (C=O) groups excluding carboxylic acids is 2. The van der Waals surface area contributed by atoms with Gasteiger partial charge in [0.1, 0.15) is 0 Å². The summed E-state index contributed by atoms with van der Waals surface area (Å²) in [4.78, 5) is 24.9. The first-order chi connectivity index (χ1) is 10.8. The van der Waals surface area contributed by atoms with Gasteiger partial charge in [0.2, 0.25) is 5.91 Å². The van der Waals surface area contributed by atoms with Crippen LogP contribution in [0.4, 0.5) is 5.69 Å². The largest absolute Gasteiger partial charge is 0.325 e. The molecule has 3 rings (SSSR count). The molecule has 0 spiro atoms. The van der Waals surface area contributed by atoms with Gasteiger partial charge in [-0.2, -0.15) is 0 Å². The predicted octanol–water partition coefficient (Wildman–Crippen LogP) is 4.05. The molecule has 2 aromatic carbocycles. The van der Waals surface area contributed by atoms with E-state index in [-0.39, 0.29) is 17.6 Å². The number of amides is 1. The van der Waals surface area contributed by atoms with Crippen LogP contribution in [0.15, 0.2) is 54.6 Å². The van der Waals surface area contributed by atoms with Crippen LogP contribution in [-0.4, -0.2) is 11.7 Å². The van der Waals surface area contributed by atoms with Crippen LogP contribution in [0.25, 0.3) is 0 Å². The van der Waals surface area contributed by atoms with Gasteiger partial charge in [0.05, 0.1) is 5.69 Å². The first kappa shape index (κ1) is 14.5. The van der Waals surface area contributed by atoms with E-state index >= 15 is 0 Å². The summed E-state index contributed by atoms with van der Waals surface area (Å²) in [6, 6.07) is 16.4. The third kappa shape index (κ3) is 3.08. The van der Waals surface area contributed by atoms with Gasteiger partial charge in [-0.25, -0.2) is 0 Å². The molecule has 2 aromatic rings. The normalized spacial score (nSPS) is 14.7. The molecule has 112 valence electrons. The summed E-state index contributed by atoms with van der Waals surface area (Å²) in [6.45, 7) is 0. The van der Waals surface area contributed by atoms with E-state index in [2.05, 4.69) is 5.32 Å². The van der Waals surface area contributed by atoms with E-state index in [0.29, 0.717) is 16.8 Å². The van der Waals surface area contributed by atoms with E-state index in [1.54, 1.807) is 24.3 Å². The Morgan fingerprint density at radius 2 is 1.50 bits per heavy atom. The van der Waals surface area contributed by atoms with Crippen molar-refractivity contribution in [3.8, 4) is 0 Å². The number of anilines is 1. The first-order valence-electron chi connectivity index (χ1n) is 7.75. The Bertz CT molecular complexity index is 673. The van der Waals surface area contributed by atoms with E-state index in [0.717, 1.165) is 25.7 Å². The smallest absolute Gasteiger partial charge is 0.227 e. The van der Waals surface area contributed by atoms with Gasteiger partial charge < -0.3 is 5.32 Å². The molecule has 0 saturated heterocycles. The maximum Gasteiger partial charge on any atom is 0.227 e. The van der Waals surface area contributed by atoms with Gasteiger partial charge in [0.25, 0.3) is 0 Å². The Morgan fingerprint density at radius 1 is 0.864 bits per heavy atom. The van der Waals surface area contributed by atoms with Crippen molar-refractivity contribution in [2.45, 2.75) is 25.7 Å². The van der Waals surface area contributed by atoms with E-state index in [1.807, 2.05) is 30.3 Å². The van der Waals surface area contributed by atoms with Crippen LogP contribution in [0.1, 0.15) is 41.6 Å². The molecule has 0 heterocycles. The molecular formula is C19H19NO2. The van der Waals surface area contributed by atoms with E-state index in [1.165, 1.54) is 0 Å². The molecular weight excluding hydrogens is 274 g/mol. The van der Waals surface area contributed by atoms with Crippen molar-refractivity contribution in [1.82, 2.24) is 0 Å². The number of hydrogen-bond donors (Lipinski definition) is 1. The second-order valence-corrected chi connectivity index (χ2v) is 5.71. The van der Waals surface area contributed by atoms with Gasteiger partial charge >= 0.3 is 0 Å². The Hall–Kier alpha value is -2.42. The molecule has 3 nitrogen and oxygen atoms in total. The molecule has 1 fully saturated rings. The molecule has 0 aliphatic heterocycles. The van der Waals surface area contributed by atoms with Gasteiger partial charge in [0.15, 0.2) is 5.78 Å². The van der Waals surface area contributed by atoms with E-state index in [4.69, 9.17) is 0 Å². The molecule has 1 aliphatic rings. The number of nitrogens with one attached hydrogen (secondary N) is 1. The SMILES string of the molecule is O=C(c1ccccc1)c1ccccc1NC(=O)C1CCCC1. The van der Waals surface area contributed by atoms with Gasteiger partial charge in [-0.3, -0.25) is 9.59 Å². The van der Waals surface area contributed by atoms with E-state index < -0.39 is 0 Å². The minimum atomic E-state index is -0.0667. The molecule has 0 atom stereocenters. The highest BCUT2D eigenvalue weighted by atomic mass is 16.2. The molecule has 0 aromatic heterocycles. The number of carbonyl (C=O) groups is 2. The number of para-hydroxylation sites is 1. The molecule has 3 heteroatoms. The number of ketones is 1. The Labute approximate surface area is 130 Å².